The van der Waals surface area contributed by atoms with Crippen molar-refractivity contribution in [2.75, 3.05) is 92.3 Å². The Balaban J connectivity index is 1.70. The summed E-state index contributed by atoms with van der Waals surface area (Å²) in [5.74, 6) is 0.792. The molecule has 2 aliphatic heterocycles. The number of β-amino-alcohol motifs (C(OH)–C–C–N with tert-alkyl or cyclic N) is 1. The fourth-order valence-electron chi connectivity index (χ4n) is 3.72. The van der Waals surface area contributed by atoms with Crippen LogP contribution in [0.5, 0.6) is 0 Å². The molecule has 0 radical (unpaired) electrons. The molecule has 1 unspecified atom stereocenters. The smallest absolute Gasteiger partial charge is 0.191 e. The van der Waals surface area contributed by atoms with Crippen molar-refractivity contribution in [1.29, 1.82) is 0 Å². The fraction of sp³-hybridized carbons (Fsp3) is 0.950. The highest BCUT2D eigenvalue weighted by Crippen LogP contribution is 2.09. The third kappa shape index (κ3) is 9.52. The third-order valence-corrected chi connectivity index (χ3v) is 5.35. The molecule has 8 nitrogen and oxygen atoms in total. The summed E-state index contributed by atoms with van der Waals surface area (Å²) in [5.41, 5.74) is -0.836. The summed E-state index contributed by atoms with van der Waals surface area (Å²) in [6.07, 6.45) is 2.35. The maximum atomic E-state index is 10.7. The summed E-state index contributed by atoms with van der Waals surface area (Å²) in [6.45, 7) is 15.8. The van der Waals surface area contributed by atoms with Crippen LogP contribution < -0.4 is 10.6 Å². The first-order valence-corrected chi connectivity index (χ1v) is 10.9. The molecule has 0 aromatic heterocycles. The Kier molecular flexibility index (Phi) is 10.5. The highest BCUT2D eigenvalue weighted by Gasteiger charge is 2.25. The molecule has 0 saturated carbocycles. The first-order valence-electron chi connectivity index (χ1n) is 10.9. The molecule has 3 N–H and O–H groups in total. The predicted octanol–water partition coefficient (Wildman–Crippen LogP) is -0.348. The van der Waals surface area contributed by atoms with Crippen molar-refractivity contribution in [3.63, 3.8) is 0 Å². The molecule has 0 amide bonds. The number of ether oxygens (including phenoxy) is 1. The van der Waals surface area contributed by atoms with Gasteiger partial charge in [-0.15, -0.1) is 0 Å². The number of aliphatic hydroxyl groups is 1. The van der Waals surface area contributed by atoms with Gasteiger partial charge in [-0.1, -0.05) is 0 Å². The topological polar surface area (TPSA) is 75.6 Å². The van der Waals surface area contributed by atoms with Gasteiger partial charge in [-0.3, -0.25) is 9.89 Å². The van der Waals surface area contributed by atoms with Gasteiger partial charge in [0.2, 0.25) is 0 Å². The zero-order valence-corrected chi connectivity index (χ0v) is 18.3. The van der Waals surface area contributed by atoms with E-state index in [-0.39, 0.29) is 0 Å². The number of likely N-dealkylation sites (N-methyl/N-ethyl adjacent to an activating group) is 1. The molecule has 0 aromatic carbocycles. The maximum absolute atomic E-state index is 10.7. The van der Waals surface area contributed by atoms with E-state index in [0.29, 0.717) is 13.1 Å². The Morgan fingerprint density at radius 3 is 2.61 bits per heavy atom. The van der Waals surface area contributed by atoms with Gasteiger partial charge in [-0.25, -0.2) is 0 Å². The van der Waals surface area contributed by atoms with Gasteiger partial charge in [0.15, 0.2) is 5.96 Å². The lowest BCUT2D eigenvalue weighted by Gasteiger charge is -2.33. The van der Waals surface area contributed by atoms with Crippen LogP contribution in [0.3, 0.4) is 0 Å². The lowest BCUT2D eigenvalue weighted by Crippen LogP contribution is -2.48. The quantitative estimate of drug-likeness (QED) is 0.279. The lowest BCUT2D eigenvalue weighted by molar-refractivity contribution is -0.0179. The van der Waals surface area contributed by atoms with Crippen molar-refractivity contribution in [2.24, 2.45) is 4.99 Å². The minimum atomic E-state index is -0.836. The number of rotatable bonds is 9. The molecule has 0 spiro atoms. The molecule has 2 fully saturated rings. The second-order valence-corrected chi connectivity index (χ2v) is 8.36. The van der Waals surface area contributed by atoms with E-state index in [2.05, 4.69) is 44.3 Å². The van der Waals surface area contributed by atoms with Gasteiger partial charge >= 0.3 is 0 Å². The largest absolute Gasteiger partial charge is 0.387 e. The van der Waals surface area contributed by atoms with Crippen LogP contribution in [-0.4, -0.2) is 124 Å². The number of nitrogens with one attached hydrogen (secondary N) is 2. The predicted molar refractivity (Wildman–Crippen MR) is 115 cm³/mol. The van der Waals surface area contributed by atoms with Crippen LogP contribution in [0.4, 0.5) is 0 Å². The van der Waals surface area contributed by atoms with E-state index in [0.717, 1.165) is 71.4 Å². The van der Waals surface area contributed by atoms with Crippen LogP contribution in [0.15, 0.2) is 4.99 Å². The Hall–Kier alpha value is -0.930. The van der Waals surface area contributed by atoms with E-state index in [1.165, 1.54) is 19.5 Å². The third-order valence-electron chi connectivity index (χ3n) is 5.35. The van der Waals surface area contributed by atoms with Gasteiger partial charge in [0.25, 0.3) is 0 Å². The van der Waals surface area contributed by atoms with Crippen molar-refractivity contribution in [2.45, 2.75) is 32.3 Å². The number of morpholine rings is 1. The van der Waals surface area contributed by atoms with Gasteiger partial charge in [-0.2, -0.15) is 0 Å². The zero-order valence-electron chi connectivity index (χ0n) is 18.3. The van der Waals surface area contributed by atoms with Gasteiger partial charge in [0.1, 0.15) is 0 Å². The highest BCUT2D eigenvalue weighted by molar-refractivity contribution is 5.79. The minimum Gasteiger partial charge on any atom is -0.387 e. The fourth-order valence-corrected chi connectivity index (χ4v) is 3.72. The number of hydrogen-bond donors (Lipinski definition) is 3. The van der Waals surface area contributed by atoms with E-state index in [1.54, 1.807) is 0 Å². The summed E-state index contributed by atoms with van der Waals surface area (Å²) in [4.78, 5) is 11.8. The summed E-state index contributed by atoms with van der Waals surface area (Å²) >= 11 is 0. The molecule has 1 atom stereocenters. The number of nitrogens with zero attached hydrogens (tertiary/aromatic N) is 4. The van der Waals surface area contributed by atoms with Crippen LogP contribution in [-0.2, 0) is 4.74 Å². The normalized spacial score (nSPS) is 23.2. The molecule has 0 bridgehead atoms. The molecule has 2 aliphatic rings. The van der Waals surface area contributed by atoms with Crippen LogP contribution in [0.2, 0.25) is 0 Å². The van der Waals surface area contributed by atoms with E-state index < -0.39 is 5.60 Å². The number of aliphatic imine (C=N–C) groups is 1. The molecule has 0 aliphatic carbocycles. The van der Waals surface area contributed by atoms with Gasteiger partial charge in [0, 0.05) is 45.8 Å². The van der Waals surface area contributed by atoms with E-state index >= 15 is 0 Å². The van der Waals surface area contributed by atoms with Gasteiger partial charge < -0.3 is 30.3 Å². The Bertz CT molecular complexity index is 454. The molecular weight excluding hydrogens is 356 g/mol. The SMILES string of the molecule is CCNC(=NCC(C)(O)CN1CCOCC1)NCCCN1CCCN(C)CC1. The summed E-state index contributed by atoms with van der Waals surface area (Å²) in [5, 5.41) is 17.4. The molecule has 2 saturated heterocycles. The number of guanidine groups is 1. The standard InChI is InChI=1S/C20H42N6O2/c1-4-21-19(22-7-5-9-25-10-6-8-24(3)11-12-25)23-17-20(2,27)18-26-13-15-28-16-14-26/h27H,4-18H2,1-3H3,(H2,21,22,23). The zero-order chi connectivity index (χ0) is 20.2. The van der Waals surface area contributed by atoms with Crippen molar-refractivity contribution in [3.05, 3.63) is 0 Å². The second kappa shape index (κ2) is 12.6. The Morgan fingerprint density at radius 2 is 1.86 bits per heavy atom. The van der Waals surface area contributed by atoms with Crippen LogP contribution >= 0.6 is 0 Å². The van der Waals surface area contributed by atoms with Crippen molar-refractivity contribution >= 4 is 5.96 Å². The van der Waals surface area contributed by atoms with Crippen molar-refractivity contribution in [1.82, 2.24) is 25.3 Å². The molecule has 2 rings (SSSR count). The second-order valence-electron chi connectivity index (χ2n) is 8.36. The lowest BCUT2D eigenvalue weighted by atomic mass is 10.1. The first kappa shape index (κ1) is 23.3. The molecule has 2 heterocycles. The Labute approximate surface area is 171 Å². The van der Waals surface area contributed by atoms with Crippen molar-refractivity contribution in [3.8, 4) is 0 Å². The number of hydrogen-bond acceptors (Lipinski definition) is 6. The van der Waals surface area contributed by atoms with Crippen LogP contribution in [0, 0.1) is 0 Å². The van der Waals surface area contributed by atoms with E-state index in [9.17, 15) is 5.11 Å². The molecular formula is C20H42N6O2. The van der Waals surface area contributed by atoms with Crippen LogP contribution in [0.1, 0.15) is 26.7 Å². The van der Waals surface area contributed by atoms with E-state index in [1.807, 2.05) is 6.92 Å². The average molecular weight is 399 g/mol. The van der Waals surface area contributed by atoms with Crippen molar-refractivity contribution < 1.29 is 9.84 Å². The average Bonchev–Trinajstić information content (AvgIpc) is 2.88. The Morgan fingerprint density at radius 1 is 1.07 bits per heavy atom. The molecule has 0 aromatic rings. The maximum Gasteiger partial charge on any atom is 0.191 e. The summed E-state index contributed by atoms with van der Waals surface area (Å²) < 4.78 is 5.38. The van der Waals surface area contributed by atoms with Gasteiger partial charge in [0.05, 0.1) is 25.4 Å². The molecule has 28 heavy (non-hydrogen) atoms. The van der Waals surface area contributed by atoms with E-state index in [4.69, 9.17) is 4.74 Å². The summed E-state index contributed by atoms with van der Waals surface area (Å²) in [7, 11) is 2.21. The monoisotopic (exact) mass is 398 g/mol. The highest BCUT2D eigenvalue weighted by atomic mass is 16.5. The minimum absolute atomic E-state index is 0.387. The first-order chi connectivity index (χ1) is 13.5. The molecule has 8 heteroatoms. The van der Waals surface area contributed by atoms with Crippen LogP contribution in [0.25, 0.3) is 0 Å². The summed E-state index contributed by atoms with van der Waals surface area (Å²) in [6, 6.07) is 0. The molecule has 164 valence electrons. The van der Waals surface area contributed by atoms with Gasteiger partial charge in [-0.05, 0) is 53.4 Å².